The Morgan fingerprint density at radius 2 is 1.74 bits per heavy atom. The van der Waals surface area contributed by atoms with Crippen LogP contribution in [0.1, 0.15) is 75.5 Å². The van der Waals surface area contributed by atoms with Crippen molar-refractivity contribution in [1.29, 1.82) is 0 Å². The lowest BCUT2D eigenvalue weighted by atomic mass is 9.92. The van der Waals surface area contributed by atoms with Crippen molar-refractivity contribution in [3.8, 4) is 0 Å². The Kier molecular flexibility index (Phi) is 8.78. The van der Waals surface area contributed by atoms with Crippen LogP contribution < -0.4 is 16.0 Å². The van der Waals surface area contributed by atoms with Gasteiger partial charge >= 0.3 is 12.0 Å². The molecular formula is C30H35N3O4S. The molecule has 7 nitrogen and oxygen atoms in total. The summed E-state index contributed by atoms with van der Waals surface area (Å²) in [6.45, 7) is 17.1. The Morgan fingerprint density at radius 3 is 2.37 bits per heavy atom. The highest BCUT2D eigenvalue weighted by Crippen LogP contribution is 2.35. The fourth-order valence-electron chi connectivity index (χ4n) is 4.06. The Bertz CT molecular complexity index is 1400. The number of anilines is 2. The summed E-state index contributed by atoms with van der Waals surface area (Å²) >= 11 is 1.04. The van der Waals surface area contributed by atoms with Gasteiger partial charge in [0.15, 0.2) is 0 Å². The van der Waals surface area contributed by atoms with Crippen LogP contribution in [-0.4, -0.2) is 24.5 Å². The summed E-state index contributed by atoms with van der Waals surface area (Å²) in [5.74, 6) is -0.967. The number of amides is 3. The SMILES string of the molecule is C=C(C)c1cccc(C(C)(C)NC(=O)Nc2sc(C(=O)Nc3ccc(C)cc3C)c(C)c2C(=O)OCC)c1. The van der Waals surface area contributed by atoms with E-state index in [0.29, 0.717) is 16.1 Å². The first kappa shape index (κ1) is 28.7. The first-order valence-corrected chi connectivity index (χ1v) is 13.2. The second-order valence-corrected chi connectivity index (χ2v) is 10.8. The van der Waals surface area contributed by atoms with E-state index in [9.17, 15) is 14.4 Å². The van der Waals surface area contributed by atoms with Gasteiger partial charge in [-0.25, -0.2) is 9.59 Å². The second kappa shape index (κ2) is 11.6. The molecule has 8 heteroatoms. The number of allylic oxidation sites excluding steroid dienone is 1. The summed E-state index contributed by atoms with van der Waals surface area (Å²) in [6.07, 6.45) is 0. The zero-order valence-corrected chi connectivity index (χ0v) is 23.8. The maximum Gasteiger partial charge on any atom is 0.341 e. The molecule has 3 rings (SSSR count). The molecule has 0 spiro atoms. The van der Waals surface area contributed by atoms with Crippen LogP contribution in [0.3, 0.4) is 0 Å². The number of hydrogen-bond donors (Lipinski definition) is 3. The normalized spacial score (nSPS) is 11.0. The molecule has 0 aliphatic heterocycles. The highest BCUT2D eigenvalue weighted by molar-refractivity contribution is 7.18. The van der Waals surface area contributed by atoms with Crippen molar-refractivity contribution in [1.82, 2.24) is 5.32 Å². The number of urea groups is 1. The topological polar surface area (TPSA) is 96.5 Å². The minimum atomic E-state index is -0.727. The van der Waals surface area contributed by atoms with Gasteiger partial charge in [0, 0.05) is 5.69 Å². The third-order valence-electron chi connectivity index (χ3n) is 6.19. The van der Waals surface area contributed by atoms with Gasteiger partial charge in [-0.2, -0.15) is 0 Å². The first-order valence-electron chi connectivity index (χ1n) is 12.4. The number of carbonyl (C=O) groups excluding carboxylic acids is 3. The third-order valence-corrected chi connectivity index (χ3v) is 7.40. The van der Waals surface area contributed by atoms with Crippen LogP contribution in [-0.2, 0) is 10.3 Å². The molecule has 38 heavy (non-hydrogen) atoms. The maximum atomic E-state index is 13.2. The quantitative estimate of drug-likeness (QED) is 0.267. The molecule has 2 aromatic carbocycles. The standard InChI is InChI=1S/C30H35N3O4S/c1-9-37-28(35)24-20(6)25(26(34)31-23-14-13-18(4)15-19(23)5)38-27(24)32-29(36)33-30(7,8)22-12-10-11-21(16-22)17(2)3/h10-16H,2,9H2,1,3-8H3,(H,31,34)(H2,32,33,36). The van der Waals surface area contributed by atoms with Gasteiger partial charge < -0.3 is 15.4 Å². The summed E-state index contributed by atoms with van der Waals surface area (Å²) in [5.41, 5.74) is 5.38. The molecule has 1 heterocycles. The summed E-state index contributed by atoms with van der Waals surface area (Å²) < 4.78 is 5.24. The van der Waals surface area contributed by atoms with Crippen molar-refractivity contribution in [2.75, 3.05) is 17.2 Å². The number of esters is 1. The Morgan fingerprint density at radius 1 is 1.03 bits per heavy atom. The number of rotatable bonds is 8. The molecule has 3 aromatic rings. The Balaban J connectivity index is 1.89. The number of hydrogen-bond acceptors (Lipinski definition) is 5. The largest absolute Gasteiger partial charge is 0.462 e. The average Bonchev–Trinajstić information content (AvgIpc) is 3.16. The van der Waals surface area contributed by atoms with E-state index in [-0.39, 0.29) is 23.1 Å². The molecule has 0 aliphatic rings. The molecule has 200 valence electrons. The lowest BCUT2D eigenvalue weighted by Gasteiger charge is -2.27. The average molecular weight is 534 g/mol. The summed E-state index contributed by atoms with van der Waals surface area (Å²) in [4.78, 5) is 39.5. The zero-order chi connectivity index (χ0) is 28.2. The van der Waals surface area contributed by atoms with Crippen molar-refractivity contribution >= 4 is 45.5 Å². The van der Waals surface area contributed by atoms with Crippen LogP contribution in [0.15, 0.2) is 49.0 Å². The highest BCUT2D eigenvalue weighted by Gasteiger charge is 2.29. The molecular weight excluding hydrogens is 498 g/mol. The molecule has 0 aliphatic carbocycles. The maximum absolute atomic E-state index is 13.2. The number of benzene rings is 2. The molecule has 0 saturated heterocycles. The predicted molar refractivity (Wildman–Crippen MR) is 155 cm³/mol. The molecule has 0 fully saturated rings. The lowest BCUT2D eigenvalue weighted by molar-refractivity contribution is 0.0527. The molecule has 1 aromatic heterocycles. The number of ether oxygens (including phenoxy) is 1. The van der Waals surface area contributed by atoms with Crippen LogP contribution in [0.4, 0.5) is 15.5 Å². The smallest absolute Gasteiger partial charge is 0.341 e. The van der Waals surface area contributed by atoms with E-state index < -0.39 is 17.5 Å². The van der Waals surface area contributed by atoms with Gasteiger partial charge in [0.2, 0.25) is 0 Å². The van der Waals surface area contributed by atoms with Gasteiger partial charge in [-0.05, 0) is 82.9 Å². The van der Waals surface area contributed by atoms with E-state index in [2.05, 4.69) is 22.5 Å². The Hall–Kier alpha value is -3.91. The number of carbonyl (C=O) groups is 3. The van der Waals surface area contributed by atoms with Gasteiger partial charge in [0.05, 0.1) is 22.6 Å². The van der Waals surface area contributed by atoms with Gasteiger partial charge in [-0.1, -0.05) is 48.0 Å². The van der Waals surface area contributed by atoms with Gasteiger partial charge in [-0.15, -0.1) is 11.3 Å². The van der Waals surface area contributed by atoms with Crippen LogP contribution in [0.5, 0.6) is 0 Å². The van der Waals surface area contributed by atoms with Crippen molar-refractivity contribution in [3.05, 3.63) is 87.3 Å². The van der Waals surface area contributed by atoms with Crippen LogP contribution in [0.25, 0.3) is 5.57 Å². The lowest BCUT2D eigenvalue weighted by Crippen LogP contribution is -2.43. The monoisotopic (exact) mass is 533 g/mol. The van der Waals surface area contributed by atoms with E-state index in [1.165, 1.54) is 0 Å². The minimum absolute atomic E-state index is 0.163. The van der Waals surface area contributed by atoms with Crippen molar-refractivity contribution < 1.29 is 19.1 Å². The molecule has 0 radical (unpaired) electrons. The fourth-order valence-corrected chi connectivity index (χ4v) is 5.15. The third kappa shape index (κ3) is 6.50. The Labute approximate surface area is 228 Å². The summed E-state index contributed by atoms with van der Waals surface area (Å²) in [5, 5.41) is 8.92. The van der Waals surface area contributed by atoms with E-state index >= 15 is 0 Å². The molecule has 0 atom stereocenters. The molecule has 0 unspecified atom stereocenters. The number of aryl methyl sites for hydroxylation is 2. The minimum Gasteiger partial charge on any atom is -0.462 e. The van der Waals surface area contributed by atoms with E-state index in [0.717, 1.165) is 39.2 Å². The van der Waals surface area contributed by atoms with E-state index in [4.69, 9.17) is 4.74 Å². The van der Waals surface area contributed by atoms with Crippen molar-refractivity contribution in [3.63, 3.8) is 0 Å². The van der Waals surface area contributed by atoms with Gasteiger partial charge in [-0.3, -0.25) is 10.1 Å². The van der Waals surface area contributed by atoms with Crippen molar-refractivity contribution in [2.24, 2.45) is 0 Å². The van der Waals surface area contributed by atoms with E-state index in [1.54, 1.807) is 13.8 Å². The summed E-state index contributed by atoms with van der Waals surface area (Å²) in [7, 11) is 0. The first-order chi connectivity index (χ1) is 17.8. The molecule has 3 amide bonds. The van der Waals surface area contributed by atoms with Crippen LogP contribution >= 0.6 is 11.3 Å². The zero-order valence-electron chi connectivity index (χ0n) is 23.0. The number of thiophene rings is 1. The molecule has 0 saturated carbocycles. The van der Waals surface area contributed by atoms with Gasteiger partial charge in [0.25, 0.3) is 5.91 Å². The van der Waals surface area contributed by atoms with E-state index in [1.807, 2.05) is 77.1 Å². The highest BCUT2D eigenvalue weighted by atomic mass is 32.1. The summed E-state index contributed by atoms with van der Waals surface area (Å²) in [6, 6.07) is 13.0. The predicted octanol–water partition coefficient (Wildman–Crippen LogP) is 7.19. The van der Waals surface area contributed by atoms with Crippen LogP contribution in [0.2, 0.25) is 0 Å². The molecule has 3 N–H and O–H groups in total. The molecule has 0 bridgehead atoms. The van der Waals surface area contributed by atoms with Crippen molar-refractivity contribution in [2.45, 2.75) is 54.0 Å². The fraction of sp³-hybridized carbons (Fsp3) is 0.300. The number of nitrogens with one attached hydrogen (secondary N) is 3. The second-order valence-electron chi connectivity index (χ2n) is 9.82. The van der Waals surface area contributed by atoms with Gasteiger partial charge in [0.1, 0.15) is 5.00 Å². The van der Waals surface area contributed by atoms with Crippen LogP contribution in [0, 0.1) is 20.8 Å².